The normalized spacial score (nSPS) is 12.9. The first kappa shape index (κ1) is 16.8. The summed E-state index contributed by atoms with van der Waals surface area (Å²) in [6.45, 7) is 0. The van der Waals surface area contributed by atoms with Crippen molar-refractivity contribution in [3.05, 3.63) is 103 Å². The van der Waals surface area contributed by atoms with Gasteiger partial charge in [0.25, 0.3) is 0 Å². The summed E-state index contributed by atoms with van der Waals surface area (Å²) in [6.07, 6.45) is 1.74. The zero-order valence-electron chi connectivity index (χ0n) is 16.5. The van der Waals surface area contributed by atoms with Crippen LogP contribution in [0.25, 0.3) is 43.6 Å². The van der Waals surface area contributed by atoms with E-state index in [2.05, 4.69) is 54.6 Å². The molecule has 4 aromatic carbocycles. The van der Waals surface area contributed by atoms with Crippen LogP contribution in [0, 0.1) is 0 Å². The molecule has 2 aromatic heterocycles. The third kappa shape index (κ3) is 2.18. The van der Waals surface area contributed by atoms with E-state index in [-0.39, 0.29) is 0 Å². The summed E-state index contributed by atoms with van der Waals surface area (Å²) < 4.78 is 18.9. The molecule has 3 nitrogen and oxygen atoms in total. The van der Waals surface area contributed by atoms with E-state index in [0.717, 1.165) is 27.2 Å². The zero-order chi connectivity index (χ0) is 20.5. The summed E-state index contributed by atoms with van der Waals surface area (Å²) >= 11 is 0. The molecule has 3 heterocycles. The highest BCUT2D eigenvalue weighted by molar-refractivity contribution is 6.42. The molecule has 144 valence electrons. The Morgan fingerprint density at radius 1 is 0.710 bits per heavy atom. The standard InChI is InChI=1S/C26H16BFN3/c28-27-30-16-4-3-13-24(30)29-26-22-12-6-11-21-20(14-15-23(25(21)22)31(26)27)19-10-5-8-17-7-1-2-9-18(17)19/h1-16H/q+1. The van der Waals surface area contributed by atoms with Crippen molar-refractivity contribution in [2.24, 2.45) is 4.99 Å². The zero-order valence-corrected chi connectivity index (χ0v) is 16.5. The Bertz CT molecular complexity index is 1710. The molecule has 0 fully saturated rings. The molecule has 0 saturated heterocycles. The molecule has 6 aromatic rings. The number of aromatic nitrogens is 2. The molecular weight excluding hydrogens is 384 g/mol. The molecule has 0 aliphatic carbocycles. The number of hydrogen-bond acceptors (Lipinski definition) is 1. The fourth-order valence-electron chi connectivity index (χ4n) is 5.00. The quantitative estimate of drug-likeness (QED) is 0.337. The SMILES string of the molecule is FB1n2c(c3cccc4c(-c5cccc6ccccc56)ccc2c43)=Nc2cccc[n+]21. The molecule has 5 heteroatoms. The third-order valence-corrected chi connectivity index (χ3v) is 6.36. The van der Waals surface area contributed by atoms with Gasteiger partial charge in [-0.25, -0.2) is 4.48 Å². The molecule has 0 saturated carbocycles. The summed E-state index contributed by atoms with van der Waals surface area (Å²) in [5, 5.41) is 5.57. The van der Waals surface area contributed by atoms with Gasteiger partial charge in [0, 0.05) is 17.0 Å². The van der Waals surface area contributed by atoms with E-state index in [1.807, 2.05) is 36.4 Å². The molecule has 0 N–H and O–H groups in total. The van der Waals surface area contributed by atoms with E-state index in [9.17, 15) is 0 Å². The van der Waals surface area contributed by atoms with Crippen molar-refractivity contribution in [1.82, 2.24) is 4.48 Å². The number of hydrogen-bond donors (Lipinski definition) is 0. The van der Waals surface area contributed by atoms with Gasteiger partial charge < -0.3 is 0 Å². The Balaban J connectivity index is 1.62. The fraction of sp³-hybridized carbons (Fsp3) is 0. The topological polar surface area (TPSA) is 21.2 Å². The Hall–Kier alpha value is -3.99. The van der Waals surface area contributed by atoms with Crippen LogP contribution < -0.4 is 9.97 Å². The van der Waals surface area contributed by atoms with Crippen molar-refractivity contribution in [3.8, 4) is 11.1 Å². The minimum atomic E-state index is -1.33. The van der Waals surface area contributed by atoms with Crippen molar-refractivity contribution >= 4 is 45.5 Å². The van der Waals surface area contributed by atoms with Crippen molar-refractivity contribution in [2.75, 3.05) is 0 Å². The van der Waals surface area contributed by atoms with Gasteiger partial charge in [-0.05, 0) is 50.5 Å². The van der Waals surface area contributed by atoms with Gasteiger partial charge in [-0.2, -0.15) is 0 Å². The van der Waals surface area contributed by atoms with Gasteiger partial charge in [0.05, 0.1) is 11.6 Å². The monoisotopic (exact) mass is 400 g/mol. The van der Waals surface area contributed by atoms with Crippen molar-refractivity contribution < 1.29 is 8.79 Å². The van der Waals surface area contributed by atoms with Gasteiger partial charge >= 0.3 is 13.1 Å². The maximum absolute atomic E-state index is 15.7. The fourth-order valence-corrected chi connectivity index (χ4v) is 5.00. The lowest BCUT2D eigenvalue weighted by Crippen LogP contribution is -2.58. The van der Waals surface area contributed by atoms with Crippen molar-refractivity contribution in [3.63, 3.8) is 0 Å². The number of pyridine rings is 1. The van der Waals surface area contributed by atoms with E-state index in [0.29, 0.717) is 11.3 Å². The Morgan fingerprint density at radius 2 is 1.45 bits per heavy atom. The Morgan fingerprint density at radius 3 is 2.42 bits per heavy atom. The van der Waals surface area contributed by atoms with Crippen LogP contribution in [0.1, 0.15) is 0 Å². The Kier molecular flexibility index (Phi) is 3.26. The summed E-state index contributed by atoms with van der Waals surface area (Å²) in [6, 6.07) is 30.8. The average Bonchev–Trinajstić information content (AvgIpc) is 3.15. The predicted octanol–water partition coefficient (Wildman–Crippen LogP) is 5.24. The number of fused-ring (bicyclic) bond motifs is 5. The molecule has 0 spiro atoms. The van der Waals surface area contributed by atoms with Crippen LogP contribution in [0.4, 0.5) is 10.1 Å². The van der Waals surface area contributed by atoms with E-state index in [4.69, 9.17) is 4.99 Å². The first-order valence-electron chi connectivity index (χ1n) is 10.4. The summed E-state index contributed by atoms with van der Waals surface area (Å²) in [5.74, 6) is 0.625. The first-order chi connectivity index (χ1) is 15.3. The summed E-state index contributed by atoms with van der Waals surface area (Å²) in [4.78, 5) is 4.82. The molecule has 0 amide bonds. The highest BCUT2D eigenvalue weighted by atomic mass is 19.1. The lowest BCUT2D eigenvalue weighted by molar-refractivity contribution is -0.536. The maximum atomic E-state index is 15.7. The summed E-state index contributed by atoms with van der Waals surface area (Å²) in [5.41, 5.74) is 3.87. The highest BCUT2D eigenvalue weighted by Crippen LogP contribution is 2.37. The van der Waals surface area contributed by atoms with Gasteiger partial charge in [0.15, 0.2) is 0 Å². The van der Waals surface area contributed by atoms with Gasteiger partial charge in [0.1, 0.15) is 0 Å². The molecule has 0 radical (unpaired) electrons. The van der Waals surface area contributed by atoms with Crippen LogP contribution >= 0.6 is 0 Å². The van der Waals surface area contributed by atoms with E-state index >= 15 is 4.32 Å². The number of nitrogens with zero attached hydrogens (tertiary/aromatic N) is 3. The number of halogens is 1. The molecule has 31 heavy (non-hydrogen) atoms. The largest absolute Gasteiger partial charge is 0.727 e. The molecule has 1 aliphatic rings. The smallest absolute Gasteiger partial charge is 0.274 e. The van der Waals surface area contributed by atoms with Gasteiger partial charge in [-0.3, -0.25) is 8.79 Å². The second-order valence-corrected chi connectivity index (χ2v) is 7.97. The Labute approximate surface area is 177 Å². The molecular formula is C26H16BFN3+. The maximum Gasteiger partial charge on any atom is 0.727 e. The van der Waals surface area contributed by atoms with Crippen LogP contribution in [-0.4, -0.2) is 11.7 Å². The van der Waals surface area contributed by atoms with E-state index in [1.54, 1.807) is 15.2 Å². The van der Waals surface area contributed by atoms with Gasteiger partial charge in [0.2, 0.25) is 5.49 Å². The average molecular weight is 400 g/mol. The van der Waals surface area contributed by atoms with E-state index in [1.165, 1.54) is 16.3 Å². The lowest BCUT2D eigenvalue weighted by atomic mass is 9.93. The summed E-state index contributed by atoms with van der Waals surface area (Å²) in [7, 11) is -1.33. The van der Waals surface area contributed by atoms with Crippen molar-refractivity contribution in [1.29, 1.82) is 0 Å². The molecule has 1 aliphatic heterocycles. The van der Waals surface area contributed by atoms with Crippen LogP contribution in [0.15, 0.2) is 102 Å². The van der Waals surface area contributed by atoms with Crippen LogP contribution in [0.2, 0.25) is 0 Å². The number of benzene rings is 4. The van der Waals surface area contributed by atoms with Crippen LogP contribution in [0.3, 0.4) is 0 Å². The van der Waals surface area contributed by atoms with Crippen LogP contribution in [-0.2, 0) is 0 Å². The third-order valence-electron chi connectivity index (χ3n) is 6.36. The molecule has 0 bridgehead atoms. The van der Waals surface area contributed by atoms with Crippen LogP contribution in [0.5, 0.6) is 0 Å². The number of rotatable bonds is 1. The van der Waals surface area contributed by atoms with Crippen molar-refractivity contribution in [2.45, 2.75) is 0 Å². The molecule has 0 atom stereocenters. The molecule has 7 rings (SSSR count). The lowest BCUT2D eigenvalue weighted by Gasteiger charge is -2.12. The van der Waals surface area contributed by atoms with Gasteiger partial charge in [-0.15, -0.1) is 0 Å². The second kappa shape index (κ2) is 6.02. The predicted molar refractivity (Wildman–Crippen MR) is 123 cm³/mol. The second-order valence-electron chi connectivity index (χ2n) is 7.97. The van der Waals surface area contributed by atoms with E-state index < -0.39 is 7.26 Å². The highest BCUT2D eigenvalue weighted by Gasteiger charge is 2.39. The molecule has 0 unspecified atom stereocenters. The first-order valence-corrected chi connectivity index (χ1v) is 10.4. The minimum absolute atomic E-state index is 0.625. The minimum Gasteiger partial charge on any atom is -0.274 e. The van der Waals surface area contributed by atoms with Gasteiger partial charge in [-0.1, -0.05) is 66.7 Å².